The molecule has 1 aromatic rings. The Morgan fingerprint density at radius 2 is 2.08 bits per heavy atom. The lowest BCUT2D eigenvalue weighted by Gasteiger charge is -2.27. The van der Waals surface area contributed by atoms with E-state index in [1.54, 1.807) is 31.2 Å². The van der Waals surface area contributed by atoms with Crippen LogP contribution in [0.4, 0.5) is 0 Å². The highest BCUT2D eigenvalue weighted by atomic mass is 79.9. The van der Waals surface area contributed by atoms with Gasteiger partial charge in [-0.05, 0) is 37.5 Å². The van der Waals surface area contributed by atoms with Gasteiger partial charge in [-0.1, -0.05) is 34.5 Å². The maximum Gasteiger partial charge on any atom is 0.337 e. The quantitative estimate of drug-likeness (QED) is 0.306. The first kappa shape index (κ1) is 19.3. The van der Waals surface area contributed by atoms with Gasteiger partial charge in [0.25, 0.3) is 5.70 Å². The number of esters is 1. The number of carbonyl (C=O) groups excluding carboxylic acids is 2. The molecule has 0 heterocycles. The summed E-state index contributed by atoms with van der Waals surface area (Å²) in [5.74, 6) is -2.02. The SMILES string of the molecule is CCOC(=O)/C=C(/[C@@H](c1ccc(Br)cc1)[C@@H]1CCCCC1=O)[N+](=O)[O-]. The Morgan fingerprint density at radius 1 is 1.40 bits per heavy atom. The Kier molecular flexibility index (Phi) is 6.87. The van der Waals surface area contributed by atoms with Gasteiger partial charge < -0.3 is 4.74 Å². The minimum Gasteiger partial charge on any atom is -0.463 e. The van der Waals surface area contributed by atoms with Gasteiger partial charge in [-0.15, -0.1) is 0 Å². The number of rotatable bonds is 6. The summed E-state index contributed by atoms with van der Waals surface area (Å²) in [6.45, 7) is 1.76. The first-order chi connectivity index (χ1) is 11.9. The number of ether oxygens (including phenoxy) is 1. The van der Waals surface area contributed by atoms with Crippen LogP contribution in [0.3, 0.4) is 0 Å². The van der Waals surface area contributed by atoms with Gasteiger partial charge >= 0.3 is 5.97 Å². The van der Waals surface area contributed by atoms with E-state index in [0.29, 0.717) is 18.4 Å². The largest absolute Gasteiger partial charge is 0.463 e. The zero-order chi connectivity index (χ0) is 18.4. The van der Waals surface area contributed by atoms with Gasteiger partial charge in [0.05, 0.1) is 23.5 Å². The fourth-order valence-electron chi connectivity index (χ4n) is 3.20. The Labute approximate surface area is 154 Å². The average molecular weight is 410 g/mol. The van der Waals surface area contributed by atoms with Gasteiger partial charge in [0.1, 0.15) is 5.78 Å². The Bertz CT molecular complexity index is 683. The molecule has 0 aromatic heterocycles. The Hall–Kier alpha value is -2.02. The molecular weight excluding hydrogens is 390 g/mol. The molecule has 134 valence electrons. The van der Waals surface area contributed by atoms with Crippen LogP contribution in [0.5, 0.6) is 0 Å². The third-order valence-corrected chi connectivity index (χ3v) is 4.84. The number of nitrogens with zero attached hydrogens (tertiary/aromatic N) is 1. The summed E-state index contributed by atoms with van der Waals surface area (Å²) in [7, 11) is 0. The number of carbonyl (C=O) groups is 2. The standard InChI is InChI=1S/C18H20BrNO5/c1-2-25-17(22)11-15(20(23)24)18(12-7-9-13(19)10-8-12)14-5-3-4-6-16(14)21/h7-11,14,18H,2-6H2,1H3/b15-11-/t14-,18+/m1/s1. The Balaban J connectivity index is 2.51. The summed E-state index contributed by atoms with van der Waals surface area (Å²) < 4.78 is 5.66. The number of benzene rings is 1. The number of allylic oxidation sites excluding steroid dienone is 1. The highest BCUT2D eigenvalue weighted by Gasteiger charge is 2.39. The van der Waals surface area contributed by atoms with Gasteiger partial charge in [0.2, 0.25) is 0 Å². The minimum absolute atomic E-state index is 0.00998. The van der Waals surface area contributed by atoms with Gasteiger partial charge in [-0.2, -0.15) is 0 Å². The van der Waals surface area contributed by atoms with E-state index in [1.807, 2.05) is 0 Å². The molecule has 0 radical (unpaired) electrons. The first-order valence-electron chi connectivity index (χ1n) is 8.25. The molecular formula is C18H20BrNO5. The fraction of sp³-hybridized carbons (Fsp3) is 0.444. The molecule has 25 heavy (non-hydrogen) atoms. The molecule has 1 fully saturated rings. The van der Waals surface area contributed by atoms with Crippen molar-refractivity contribution in [3.63, 3.8) is 0 Å². The molecule has 0 N–H and O–H groups in total. The van der Waals surface area contributed by atoms with Gasteiger partial charge in [0, 0.05) is 16.8 Å². The number of hydrogen-bond acceptors (Lipinski definition) is 5. The molecule has 0 unspecified atom stereocenters. The summed E-state index contributed by atoms with van der Waals surface area (Å²) in [6, 6.07) is 7.05. The van der Waals surface area contributed by atoms with Crippen molar-refractivity contribution in [2.24, 2.45) is 5.92 Å². The van der Waals surface area contributed by atoms with Crippen LogP contribution < -0.4 is 0 Å². The Morgan fingerprint density at radius 3 is 2.64 bits per heavy atom. The highest BCUT2D eigenvalue weighted by molar-refractivity contribution is 9.10. The van der Waals surface area contributed by atoms with Crippen LogP contribution in [0.1, 0.15) is 44.1 Å². The van der Waals surface area contributed by atoms with Crippen LogP contribution in [-0.4, -0.2) is 23.3 Å². The molecule has 1 saturated carbocycles. The number of ketones is 1. The predicted octanol–water partition coefficient (Wildman–Crippen LogP) is 4.02. The van der Waals surface area contributed by atoms with E-state index in [9.17, 15) is 19.7 Å². The predicted molar refractivity (Wildman–Crippen MR) is 95.6 cm³/mol. The van der Waals surface area contributed by atoms with E-state index >= 15 is 0 Å². The van der Waals surface area contributed by atoms with Crippen molar-refractivity contribution in [3.05, 3.63) is 56.2 Å². The zero-order valence-electron chi connectivity index (χ0n) is 13.9. The first-order valence-corrected chi connectivity index (χ1v) is 9.04. The number of nitro groups is 1. The van der Waals surface area contributed by atoms with E-state index in [-0.39, 0.29) is 18.1 Å². The van der Waals surface area contributed by atoms with Gasteiger partial charge in [-0.3, -0.25) is 14.9 Å². The lowest BCUT2D eigenvalue weighted by molar-refractivity contribution is -0.431. The molecule has 0 amide bonds. The van der Waals surface area contributed by atoms with E-state index in [1.165, 1.54) is 0 Å². The normalized spacial score (nSPS) is 19.4. The third kappa shape index (κ3) is 4.98. The monoisotopic (exact) mass is 409 g/mol. The van der Waals surface area contributed by atoms with Crippen LogP contribution in [0.25, 0.3) is 0 Å². The molecule has 6 nitrogen and oxygen atoms in total. The average Bonchev–Trinajstić information content (AvgIpc) is 2.57. The summed E-state index contributed by atoms with van der Waals surface area (Å²) in [4.78, 5) is 35.4. The summed E-state index contributed by atoms with van der Waals surface area (Å²) >= 11 is 3.34. The fourth-order valence-corrected chi connectivity index (χ4v) is 3.47. The second kappa shape index (κ2) is 8.89. The summed E-state index contributed by atoms with van der Waals surface area (Å²) in [6.07, 6.45) is 3.55. The van der Waals surface area contributed by atoms with E-state index in [4.69, 9.17) is 4.74 Å². The van der Waals surface area contributed by atoms with Crippen molar-refractivity contribution in [1.82, 2.24) is 0 Å². The van der Waals surface area contributed by atoms with Crippen molar-refractivity contribution in [2.75, 3.05) is 6.61 Å². The lowest BCUT2D eigenvalue weighted by Crippen LogP contribution is -2.29. The summed E-state index contributed by atoms with van der Waals surface area (Å²) in [5.41, 5.74) is 0.358. The van der Waals surface area contributed by atoms with Crippen LogP contribution in [-0.2, 0) is 14.3 Å². The maximum atomic E-state index is 12.4. The lowest BCUT2D eigenvalue weighted by atomic mass is 9.74. The number of hydrogen-bond donors (Lipinski definition) is 0. The maximum absolute atomic E-state index is 12.4. The van der Waals surface area contributed by atoms with Crippen LogP contribution in [0.2, 0.25) is 0 Å². The van der Waals surface area contributed by atoms with Crippen molar-refractivity contribution in [2.45, 2.75) is 38.5 Å². The number of halogens is 1. The number of Topliss-reactive ketones (excluding diaryl/α,β-unsaturated/α-hetero) is 1. The van der Waals surface area contributed by atoms with Crippen LogP contribution in [0, 0.1) is 16.0 Å². The van der Waals surface area contributed by atoms with Crippen molar-refractivity contribution in [3.8, 4) is 0 Å². The minimum atomic E-state index is -0.764. The molecule has 2 atom stereocenters. The molecule has 0 bridgehead atoms. The van der Waals surface area contributed by atoms with Crippen molar-refractivity contribution < 1.29 is 19.2 Å². The van der Waals surface area contributed by atoms with E-state index in [0.717, 1.165) is 23.4 Å². The molecule has 1 aromatic carbocycles. The van der Waals surface area contributed by atoms with Crippen LogP contribution >= 0.6 is 15.9 Å². The van der Waals surface area contributed by atoms with Gasteiger partial charge in [0.15, 0.2) is 0 Å². The van der Waals surface area contributed by atoms with Gasteiger partial charge in [-0.25, -0.2) is 4.79 Å². The molecule has 1 aliphatic carbocycles. The second-order valence-electron chi connectivity index (χ2n) is 5.93. The molecule has 1 aliphatic rings. The van der Waals surface area contributed by atoms with Crippen molar-refractivity contribution in [1.29, 1.82) is 0 Å². The molecule has 7 heteroatoms. The van der Waals surface area contributed by atoms with E-state index < -0.39 is 22.7 Å². The molecule has 0 spiro atoms. The highest BCUT2D eigenvalue weighted by Crippen LogP contribution is 2.39. The molecule has 0 saturated heterocycles. The summed E-state index contributed by atoms with van der Waals surface area (Å²) in [5, 5.41) is 11.7. The van der Waals surface area contributed by atoms with E-state index in [2.05, 4.69) is 15.9 Å². The topological polar surface area (TPSA) is 86.5 Å². The van der Waals surface area contributed by atoms with Crippen LogP contribution in [0.15, 0.2) is 40.5 Å². The molecule has 2 rings (SSSR count). The smallest absolute Gasteiger partial charge is 0.337 e. The second-order valence-corrected chi connectivity index (χ2v) is 6.84. The van der Waals surface area contributed by atoms with Crippen molar-refractivity contribution >= 4 is 27.7 Å². The zero-order valence-corrected chi connectivity index (χ0v) is 15.5. The molecule has 0 aliphatic heterocycles. The third-order valence-electron chi connectivity index (χ3n) is 4.32.